The lowest BCUT2D eigenvalue weighted by molar-refractivity contribution is -0.128. The highest BCUT2D eigenvalue weighted by molar-refractivity contribution is 5.85. The van der Waals surface area contributed by atoms with E-state index in [1.807, 2.05) is 18.2 Å². The minimum Gasteiger partial charge on any atom is -0.493 e. The standard InChI is InChI=1S/C24H35N3O4/c1-23(2)14-18(15-24(3,4)26-23)25-21(28)8-10-27-9-7-16-11-19(30-5)20(31-6)12-17(16)13-22(27)29/h7,9,11-12,18,26H,8,10,13-15H2,1-6H3,(H,25,28). The molecule has 7 heteroatoms. The molecule has 0 atom stereocenters. The van der Waals surface area contributed by atoms with E-state index < -0.39 is 0 Å². The van der Waals surface area contributed by atoms with Crippen LogP contribution in [0, 0.1) is 0 Å². The maximum Gasteiger partial charge on any atom is 0.230 e. The summed E-state index contributed by atoms with van der Waals surface area (Å²) in [5.41, 5.74) is 1.73. The Morgan fingerprint density at radius 1 is 1.13 bits per heavy atom. The number of hydrogen-bond acceptors (Lipinski definition) is 5. The Hall–Kier alpha value is -2.54. The van der Waals surface area contributed by atoms with Crippen LogP contribution in [0.1, 0.15) is 58.1 Å². The van der Waals surface area contributed by atoms with Crippen molar-refractivity contribution in [3.05, 3.63) is 29.5 Å². The van der Waals surface area contributed by atoms with Crippen LogP contribution in [0.25, 0.3) is 6.08 Å². The van der Waals surface area contributed by atoms with Crippen LogP contribution in [-0.4, -0.2) is 54.6 Å². The highest BCUT2D eigenvalue weighted by Gasteiger charge is 2.38. The van der Waals surface area contributed by atoms with Gasteiger partial charge in [-0.2, -0.15) is 0 Å². The molecular formula is C24H35N3O4. The Morgan fingerprint density at radius 3 is 2.35 bits per heavy atom. The zero-order valence-electron chi connectivity index (χ0n) is 19.5. The predicted octanol–water partition coefficient (Wildman–Crippen LogP) is 2.87. The number of piperidine rings is 1. The lowest BCUT2D eigenvalue weighted by atomic mass is 9.79. The van der Waals surface area contributed by atoms with Crippen molar-refractivity contribution in [1.82, 2.24) is 15.5 Å². The van der Waals surface area contributed by atoms with Crippen molar-refractivity contribution in [2.24, 2.45) is 0 Å². The van der Waals surface area contributed by atoms with Crippen LogP contribution < -0.4 is 20.1 Å². The van der Waals surface area contributed by atoms with E-state index in [0.717, 1.165) is 24.0 Å². The van der Waals surface area contributed by atoms with E-state index >= 15 is 0 Å². The van der Waals surface area contributed by atoms with Gasteiger partial charge in [0.05, 0.1) is 20.6 Å². The Morgan fingerprint density at radius 2 is 1.74 bits per heavy atom. The van der Waals surface area contributed by atoms with Crippen molar-refractivity contribution in [1.29, 1.82) is 0 Å². The monoisotopic (exact) mass is 429 g/mol. The predicted molar refractivity (Wildman–Crippen MR) is 121 cm³/mol. The van der Waals surface area contributed by atoms with Gasteiger partial charge < -0.3 is 25.0 Å². The Bertz CT molecular complexity index is 860. The van der Waals surface area contributed by atoms with Crippen LogP contribution in [0.3, 0.4) is 0 Å². The largest absolute Gasteiger partial charge is 0.493 e. The molecule has 3 rings (SSSR count). The molecule has 2 aliphatic rings. The van der Waals surface area contributed by atoms with Gasteiger partial charge in [0.1, 0.15) is 0 Å². The average molecular weight is 430 g/mol. The van der Waals surface area contributed by atoms with Crippen molar-refractivity contribution >= 4 is 17.9 Å². The second-order valence-corrected chi connectivity index (χ2v) is 9.80. The number of nitrogens with zero attached hydrogens (tertiary/aromatic N) is 1. The molecule has 1 aromatic rings. The van der Waals surface area contributed by atoms with Crippen LogP contribution in [-0.2, 0) is 16.0 Å². The third kappa shape index (κ3) is 5.79. The summed E-state index contributed by atoms with van der Waals surface area (Å²) in [6, 6.07) is 3.83. The van der Waals surface area contributed by atoms with E-state index in [1.165, 1.54) is 0 Å². The van der Waals surface area contributed by atoms with Crippen molar-refractivity contribution in [2.75, 3.05) is 20.8 Å². The van der Waals surface area contributed by atoms with E-state index in [2.05, 4.69) is 38.3 Å². The first-order chi connectivity index (χ1) is 14.5. The first kappa shape index (κ1) is 23.1. The van der Waals surface area contributed by atoms with Crippen LogP contribution in [0.4, 0.5) is 0 Å². The molecule has 170 valence electrons. The van der Waals surface area contributed by atoms with E-state index in [-0.39, 0.29) is 41.8 Å². The summed E-state index contributed by atoms with van der Waals surface area (Å²) in [6.07, 6.45) is 5.92. The Labute approximate surface area is 185 Å². The SMILES string of the molecule is COc1cc2c(cc1OC)CC(=O)N(CCC(=O)NC1CC(C)(C)NC(C)(C)C1)C=C2. The van der Waals surface area contributed by atoms with Gasteiger partial charge in [0.25, 0.3) is 0 Å². The van der Waals surface area contributed by atoms with Crippen LogP contribution in [0.15, 0.2) is 18.3 Å². The number of rotatable bonds is 6. The van der Waals surface area contributed by atoms with Gasteiger partial charge >= 0.3 is 0 Å². The summed E-state index contributed by atoms with van der Waals surface area (Å²) in [5.74, 6) is 1.16. The molecule has 0 saturated carbocycles. The highest BCUT2D eigenvalue weighted by atomic mass is 16.5. The maximum atomic E-state index is 12.8. The minimum atomic E-state index is -0.0425. The summed E-state index contributed by atoms with van der Waals surface area (Å²) in [7, 11) is 3.17. The van der Waals surface area contributed by atoms with Gasteiger partial charge in [-0.1, -0.05) is 0 Å². The number of carbonyl (C=O) groups is 2. The fourth-order valence-electron chi connectivity index (χ4n) is 4.91. The first-order valence-corrected chi connectivity index (χ1v) is 10.8. The Kier molecular flexibility index (Phi) is 6.65. The average Bonchev–Trinajstić information content (AvgIpc) is 2.80. The number of fused-ring (bicyclic) bond motifs is 1. The molecule has 1 aromatic carbocycles. The molecule has 7 nitrogen and oxygen atoms in total. The minimum absolute atomic E-state index is 0.0233. The molecule has 0 aliphatic carbocycles. The summed E-state index contributed by atoms with van der Waals surface area (Å²) in [5, 5.41) is 6.80. The fourth-order valence-corrected chi connectivity index (χ4v) is 4.91. The third-order valence-corrected chi connectivity index (χ3v) is 5.88. The van der Waals surface area contributed by atoms with Gasteiger partial charge in [0.2, 0.25) is 11.8 Å². The third-order valence-electron chi connectivity index (χ3n) is 5.88. The van der Waals surface area contributed by atoms with Crippen LogP contribution in [0.5, 0.6) is 11.5 Å². The molecule has 31 heavy (non-hydrogen) atoms. The molecule has 0 aromatic heterocycles. The summed E-state index contributed by atoms with van der Waals surface area (Å²) < 4.78 is 10.7. The second-order valence-electron chi connectivity index (χ2n) is 9.80. The summed E-state index contributed by atoms with van der Waals surface area (Å²) >= 11 is 0. The number of carbonyl (C=O) groups excluding carboxylic acids is 2. The van der Waals surface area contributed by atoms with Crippen molar-refractivity contribution in [2.45, 2.75) is 70.5 Å². The normalized spacial score (nSPS) is 20.1. The van der Waals surface area contributed by atoms with E-state index in [0.29, 0.717) is 18.0 Å². The zero-order chi connectivity index (χ0) is 22.8. The molecule has 1 fully saturated rings. The van der Waals surface area contributed by atoms with Gasteiger partial charge in [-0.3, -0.25) is 9.59 Å². The van der Waals surface area contributed by atoms with Gasteiger partial charge in [-0.05, 0) is 69.9 Å². The topological polar surface area (TPSA) is 79.9 Å². The van der Waals surface area contributed by atoms with Crippen molar-refractivity contribution < 1.29 is 19.1 Å². The zero-order valence-corrected chi connectivity index (χ0v) is 19.5. The molecule has 2 aliphatic heterocycles. The highest BCUT2D eigenvalue weighted by Crippen LogP contribution is 2.33. The molecule has 0 spiro atoms. The molecule has 0 unspecified atom stereocenters. The summed E-state index contributed by atoms with van der Waals surface area (Å²) in [6.45, 7) is 9.00. The second kappa shape index (κ2) is 8.91. The molecule has 2 N–H and O–H groups in total. The van der Waals surface area contributed by atoms with Gasteiger partial charge in [-0.15, -0.1) is 0 Å². The molecule has 2 amide bonds. The quantitative estimate of drug-likeness (QED) is 0.727. The number of methoxy groups -OCH3 is 2. The van der Waals surface area contributed by atoms with Crippen LogP contribution in [0.2, 0.25) is 0 Å². The molecular weight excluding hydrogens is 394 g/mol. The van der Waals surface area contributed by atoms with Gasteiger partial charge in [0, 0.05) is 36.3 Å². The summed E-state index contributed by atoms with van der Waals surface area (Å²) in [4.78, 5) is 27.0. The van der Waals surface area contributed by atoms with E-state index in [9.17, 15) is 9.59 Å². The van der Waals surface area contributed by atoms with E-state index in [1.54, 1.807) is 25.3 Å². The molecule has 0 radical (unpaired) electrons. The number of benzene rings is 1. The smallest absolute Gasteiger partial charge is 0.230 e. The first-order valence-electron chi connectivity index (χ1n) is 10.8. The lowest BCUT2D eigenvalue weighted by Crippen LogP contribution is -2.62. The van der Waals surface area contributed by atoms with Crippen LogP contribution >= 0.6 is 0 Å². The molecule has 1 saturated heterocycles. The van der Waals surface area contributed by atoms with E-state index in [4.69, 9.17) is 9.47 Å². The van der Waals surface area contributed by atoms with Crippen molar-refractivity contribution in [3.63, 3.8) is 0 Å². The van der Waals surface area contributed by atoms with Crippen molar-refractivity contribution in [3.8, 4) is 11.5 Å². The number of nitrogens with one attached hydrogen (secondary N) is 2. The molecule has 2 heterocycles. The molecule has 0 bridgehead atoms. The number of amides is 2. The Balaban J connectivity index is 1.60. The lowest BCUT2D eigenvalue weighted by Gasteiger charge is -2.46. The van der Waals surface area contributed by atoms with Gasteiger partial charge in [0.15, 0.2) is 11.5 Å². The number of hydrogen-bond donors (Lipinski definition) is 2. The number of ether oxygens (including phenoxy) is 2. The van der Waals surface area contributed by atoms with Gasteiger partial charge in [-0.25, -0.2) is 0 Å². The maximum absolute atomic E-state index is 12.8. The fraction of sp³-hybridized carbons (Fsp3) is 0.583.